The van der Waals surface area contributed by atoms with Crippen LogP contribution in [-0.2, 0) is 11.2 Å². The van der Waals surface area contributed by atoms with E-state index in [4.69, 9.17) is 27.6 Å². The van der Waals surface area contributed by atoms with Crippen LogP contribution in [0.1, 0.15) is 25.3 Å². The third-order valence-corrected chi connectivity index (χ3v) is 6.85. The largest absolute Gasteiger partial charge is 0.473 e. The summed E-state index contributed by atoms with van der Waals surface area (Å²) in [6.07, 6.45) is 8.66. The number of hydrogen-bond acceptors (Lipinski definition) is 8. The first kappa shape index (κ1) is 24.2. The highest BCUT2D eigenvalue weighted by atomic mass is 35.5. The fourth-order valence-corrected chi connectivity index (χ4v) is 4.92. The van der Waals surface area contributed by atoms with Crippen LogP contribution in [0.5, 0.6) is 5.88 Å². The third-order valence-electron chi connectivity index (χ3n) is 6.54. The van der Waals surface area contributed by atoms with Crippen molar-refractivity contribution in [2.24, 2.45) is 11.8 Å². The molecular weight excluding hydrogens is 478 g/mol. The highest BCUT2D eigenvalue weighted by Gasteiger charge is 2.43. The Kier molecular flexibility index (Phi) is 7.44. The van der Waals surface area contributed by atoms with Crippen LogP contribution in [0.15, 0.2) is 43.0 Å². The summed E-state index contributed by atoms with van der Waals surface area (Å²) in [5.74, 6) is 2.16. The molecule has 5 rings (SSSR count). The van der Waals surface area contributed by atoms with E-state index in [0.717, 1.165) is 38.3 Å². The normalized spacial score (nSPS) is 21.0. The van der Waals surface area contributed by atoms with Crippen molar-refractivity contribution >= 4 is 34.7 Å². The van der Waals surface area contributed by atoms with Crippen LogP contribution < -0.4 is 15.0 Å². The molecule has 2 aliphatic rings. The molecule has 2 fully saturated rings. The zero-order valence-electron chi connectivity index (χ0n) is 20.1. The van der Waals surface area contributed by atoms with Gasteiger partial charge in [-0.3, -0.25) is 0 Å². The molecule has 0 saturated carbocycles. The van der Waals surface area contributed by atoms with E-state index in [2.05, 4.69) is 41.9 Å². The molecule has 0 spiro atoms. The lowest BCUT2D eigenvalue weighted by molar-refractivity contribution is -0.0769. The first-order chi connectivity index (χ1) is 17.6. The van der Waals surface area contributed by atoms with Crippen LogP contribution in [0.25, 0.3) is 4.85 Å². The van der Waals surface area contributed by atoms with Crippen molar-refractivity contribution in [3.8, 4) is 5.88 Å². The van der Waals surface area contributed by atoms with Crippen molar-refractivity contribution < 1.29 is 9.47 Å². The average molecular weight is 506 g/mol. The van der Waals surface area contributed by atoms with E-state index in [1.165, 1.54) is 11.9 Å². The molecule has 3 aromatic rings. The van der Waals surface area contributed by atoms with Crippen LogP contribution in [0, 0.1) is 18.4 Å². The number of ether oxygens (including phenoxy) is 2. The second-order valence-corrected chi connectivity index (χ2v) is 9.59. The van der Waals surface area contributed by atoms with E-state index >= 15 is 0 Å². The van der Waals surface area contributed by atoms with Crippen LogP contribution in [0.2, 0.25) is 5.02 Å². The number of nitrogens with zero attached hydrogens (tertiary/aromatic N) is 6. The summed E-state index contributed by atoms with van der Waals surface area (Å²) in [5, 5.41) is 3.63. The minimum atomic E-state index is -0.0249. The van der Waals surface area contributed by atoms with Crippen molar-refractivity contribution in [3.63, 3.8) is 0 Å². The molecule has 186 valence electrons. The zero-order valence-corrected chi connectivity index (χ0v) is 20.9. The quantitative estimate of drug-likeness (QED) is 0.423. The summed E-state index contributed by atoms with van der Waals surface area (Å²) < 4.78 is 12.3. The number of piperidine rings is 1. The lowest BCUT2D eigenvalue weighted by Crippen LogP contribution is -2.58. The predicted molar refractivity (Wildman–Crippen MR) is 138 cm³/mol. The Balaban J connectivity index is 1.25. The topological polar surface area (TPSA) is 89.7 Å². The summed E-state index contributed by atoms with van der Waals surface area (Å²) in [6, 6.07) is 6.85. The summed E-state index contributed by atoms with van der Waals surface area (Å²) in [7, 11) is 0. The Bertz CT molecular complexity index is 1220. The highest BCUT2D eigenvalue weighted by molar-refractivity contribution is 6.33. The molecule has 2 atom stereocenters. The van der Waals surface area contributed by atoms with E-state index in [-0.39, 0.29) is 17.9 Å². The second kappa shape index (κ2) is 11.1. The average Bonchev–Trinajstić information content (AvgIpc) is 2.89. The number of aromatic nitrogens is 4. The van der Waals surface area contributed by atoms with E-state index in [0.29, 0.717) is 41.3 Å². The lowest BCUT2D eigenvalue weighted by Gasteiger charge is -2.46. The number of hydrogen-bond donors (Lipinski definition) is 1. The number of halogens is 1. The number of unbranched alkanes of at least 4 members (excludes halogenated alkanes) is 1. The predicted octanol–water partition coefficient (Wildman–Crippen LogP) is 5.09. The number of rotatable bonds is 8. The smallest absolute Gasteiger partial charge is 0.225 e. The van der Waals surface area contributed by atoms with Gasteiger partial charge in [-0.1, -0.05) is 31.0 Å². The van der Waals surface area contributed by atoms with Crippen molar-refractivity contribution in [3.05, 3.63) is 65.0 Å². The van der Waals surface area contributed by atoms with Gasteiger partial charge in [0.1, 0.15) is 18.2 Å². The van der Waals surface area contributed by atoms with Crippen LogP contribution >= 0.6 is 11.6 Å². The van der Waals surface area contributed by atoms with Crippen LogP contribution in [0.4, 0.5) is 23.1 Å². The lowest BCUT2D eigenvalue weighted by atomic mass is 9.84. The maximum atomic E-state index is 7.12. The Labute approximate surface area is 215 Å². The Morgan fingerprint density at radius 2 is 1.92 bits per heavy atom. The number of anilines is 3. The molecule has 1 aromatic carbocycles. The van der Waals surface area contributed by atoms with Gasteiger partial charge in [0.05, 0.1) is 30.5 Å². The molecule has 0 aliphatic carbocycles. The monoisotopic (exact) mass is 505 g/mol. The van der Waals surface area contributed by atoms with E-state index in [9.17, 15) is 0 Å². The number of nitrogens with one attached hydrogen (secondary N) is 1. The molecule has 10 heteroatoms. The Morgan fingerprint density at radius 3 is 2.61 bits per heavy atom. The summed E-state index contributed by atoms with van der Waals surface area (Å²) >= 11 is 6.30. The van der Waals surface area contributed by atoms with E-state index in [1.54, 1.807) is 24.3 Å². The van der Waals surface area contributed by atoms with Gasteiger partial charge in [0.2, 0.25) is 11.8 Å². The Hall–Kier alpha value is -3.48. The zero-order chi connectivity index (χ0) is 24.9. The number of fused-ring (bicyclic) bond motifs is 2. The van der Waals surface area contributed by atoms with Crippen LogP contribution in [0.3, 0.4) is 0 Å². The first-order valence-corrected chi connectivity index (χ1v) is 12.6. The molecule has 0 radical (unpaired) electrons. The summed E-state index contributed by atoms with van der Waals surface area (Å²) in [5.41, 5.74) is 2.32. The molecule has 0 amide bonds. The van der Waals surface area contributed by atoms with Gasteiger partial charge in [0.25, 0.3) is 0 Å². The minimum absolute atomic E-state index is 0.0249. The van der Waals surface area contributed by atoms with E-state index < -0.39 is 0 Å². The molecule has 2 unspecified atom stereocenters. The van der Waals surface area contributed by atoms with Gasteiger partial charge in [-0.2, -0.15) is 0 Å². The SMILES string of the molecule is [C-]#[N+]c1ccc(Nc2cc(OC3C4COCC3CN(c3ncc(CCCC)cn3)C4)ncn2)c(Cl)c1. The van der Waals surface area contributed by atoms with Gasteiger partial charge in [-0.25, -0.2) is 24.8 Å². The molecule has 2 aliphatic heterocycles. The van der Waals surface area contributed by atoms with Gasteiger partial charge in [0.15, 0.2) is 5.69 Å². The molecule has 36 heavy (non-hydrogen) atoms. The van der Waals surface area contributed by atoms with Crippen LogP contribution in [-0.4, -0.2) is 52.3 Å². The minimum Gasteiger partial charge on any atom is -0.473 e. The van der Waals surface area contributed by atoms with Crippen molar-refractivity contribution in [1.82, 2.24) is 19.9 Å². The van der Waals surface area contributed by atoms with Gasteiger partial charge in [-0.15, -0.1) is 0 Å². The molecule has 1 N–H and O–H groups in total. The van der Waals surface area contributed by atoms with Gasteiger partial charge < -0.3 is 19.7 Å². The summed E-state index contributed by atoms with van der Waals surface area (Å²) in [6.45, 7) is 12.1. The number of aryl methyl sites for hydroxylation is 1. The van der Waals surface area contributed by atoms with E-state index in [1.807, 2.05) is 12.4 Å². The molecule has 2 bridgehead atoms. The molecule has 9 nitrogen and oxygen atoms in total. The van der Waals surface area contributed by atoms with Crippen molar-refractivity contribution in [2.75, 3.05) is 36.5 Å². The molecular formula is C26H28ClN7O2. The van der Waals surface area contributed by atoms with Crippen molar-refractivity contribution in [1.29, 1.82) is 0 Å². The highest BCUT2D eigenvalue weighted by Crippen LogP contribution is 2.33. The maximum absolute atomic E-state index is 7.12. The first-order valence-electron chi connectivity index (χ1n) is 12.2. The molecule has 2 aromatic heterocycles. The Morgan fingerprint density at radius 1 is 1.14 bits per heavy atom. The fourth-order valence-electron chi connectivity index (χ4n) is 4.70. The molecule has 4 heterocycles. The maximum Gasteiger partial charge on any atom is 0.225 e. The standard InChI is InChI=1S/C26H28ClN7O2/c1-3-4-5-17-10-29-26(30-11-17)34-12-18-14-35-15-19(13-34)25(18)36-24-9-23(31-16-32-24)33-22-7-6-20(28-2)8-21(22)27/h6-11,16,18-19,25H,3-5,12-15H2,1H3,(H,31,32,33). The number of benzene rings is 1. The molecule has 2 saturated heterocycles. The van der Waals surface area contributed by atoms with Gasteiger partial charge in [-0.05, 0) is 30.5 Å². The second-order valence-electron chi connectivity index (χ2n) is 9.18. The van der Waals surface area contributed by atoms with Gasteiger partial charge >= 0.3 is 0 Å². The van der Waals surface area contributed by atoms with Crippen molar-refractivity contribution in [2.45, 2.75) is 32.3 Å². The summed E-state index contributed by atoms with van der Waals surface area (Å²) in [4.78, 5) is 23.5. The van der Waals surface area contributed by atoms with Gasteiger partial charge in [0, 0.05) is 43.4 Å². The third kappa shape index (κ3) is 5.50. The fraction of sp³-hybridized carbons (Fsp3) is 0.423.